The van der Waals surface area contributed by atoms with E-state index in [1.165, 1.54) is 5.69 Å². The summed E-state index contributed by atoms with van der Waals surface area (Å²) in [6.45, 7) is 4.96. The molecule has 0 radical (unpaired) electrons. The van der Waals surface area contributed by atoms with Crippen molar-refractivity contribution in [3.05, 3.63) is 41.3 Å². The monoisotopic (exact) mass is 289 g/mol. The lowest BCUT2D eigenvalue weighted by atomic mass is 10.0. The smallest absolute Gasteiger partial charge is 0.212 e. The molecule has 2 aromatic heterocycles. The Morgan fingerprint density at radius 3 is 2.76 bits per heavy atom. The molecule has 0 aliphatic heterocycles. The van der Waals surface area contributed by atoms with E-state index in [0.717, 1.165) is 30.6 Å². The number of pyridine rings is 1. The van der Waals surface area contributed by atoms with E-state index in [1.54, 1.807) is 7.11 Å². The zero-order valence-corrected chi connectivity index (χ0v) is 12.8. The predicted molar refractivity (Wildman–Crippen MR) is 81.9 cm³/mol. The van der Waals surface area contributed by atoms with Gasteiger partial charge in [0.2, 0.25) is 5.88 Å². The average molecular weight is 289 g/mol. The third kappa shape index (κ3) is 4.03. The van der Waals surface area contributed by atoms with E-state index >= 15 is 0 Å². The normalized spacial score (nSPS) is 12.4. The van der Waals surface area contributed by atoms with Crippen LogP contribution in [0.1, 0.15) is 23.9 Å². The number of nitrogens with two attached hydrogens (primary N) is 1. The fraction of sp³-hybridized carbons (Fsp3) is 0.467. The van der Waals surface area contributed by atoms with Crippen molar-refractivity contribution < 1.29 is 4.74 Å². The molecule has 2 rings (SSSR count). The summed E-state index contributed by atoms with van der Waals surface area (Å²) in [6, 6.07) is 6.13. The van der Waals surface area contributed by atoms with E-state index in [2.05, 4.69) is 28.5 Å². The van der Waals surface area contributed by atoms with Crippen molar-refractivity contribution >= 4 is 0 Å². The number of nitrogens with zero attached hydrogens (tertiary/aromatic N) is 3. The van der Waals surface area contributed by atoms with E-state index in [9.17, 15) is 0 Å². The van der Waals surface area contributed by atoms with Crippen molar-refractivity contribution in [2.75, 3.05) is 7.11 Å². The number of hydrogen-bond acceptors (Lipinski definition) is 5. The Labute approximate surface area is 125 Å². The molecule has 0 aliphatic carbocycles. The minimum Gasteiger partial charge on any atom is -0.481 e. The Morgan fingerprint density at radius 2 is 2.19 bits per heavy atom. The van der Waals surface area contributed by atoms with Crippen LogP contribution in [-0.4, -0.2) is 27.9 Å². The highest BCUT2D eigenvalue weighted by Gasteiger charge is 2.13. The Hall–Kier alpha value is -1.92. The number of methoxy groups -OCH3 is 1. The van der Waals surface area contributed by atoms with Crippen LogP contribution >= 0.6 is 0 Å². The van der Waals surface area contributed by atoms with Gasteiger partial charge in [-0.1, -0.05) is 6.07 Å². The first kappa shape index (κ1) is 15.5. The van der Waals surface area contributed by atoms with Crippen LogP contribution in [0.5, 0.6) is 5.88 Å². The second kappa shape index (κ2) is 7.19. The maximum absolute atomic E-state index is 5.70. The summed E-state index contributed by atoms with van der Waals surface area (Å²) in [4.78, 5) is 4.22. The third-order valence-corrected chi connectivity index (χ3v) is 3.47. The van der Waals surface area contributed by atoms with Crippen LogP contribution in [0.3, 0.4) is 0 Å². The lowest BCUT2D eigenvalue weighted by molar-refractivity contribution is 0.397. The fourth-order valence-corrected chi connectivity index (χ4v) is 2.42. The quantitative estimate of drug-likeness (QED) is 0.592. The summed E-state index contributed by atoms with van der Waals surface area (Å²) in [5, 5.41) is 4.47. The van der Waals surface area contributed by atoms with Crippen LogP contribution in [0.15, 0.2) is 24.4 Å². The summed E-state index contributed by atoms with van der Waals surface area (Å²) in [5.41, 5.74) is 6.24. The van der Waals surface area contributed by atoms with Gasteiger partial charge in [0.05, 0.1) is 12.8 Å². The molecule has 0 bridgehead atoms. The predicted octanol–water partition coefficient (Wildman–Crippen LogP) is 1.23. The number of aromatic nitrogens is 3. The molecular formula is C15H23N5O. The lowest BCUT2D eigenvalue weighted by Crippen LogP contribution is -2.39. The highest BCUT2D eigenvalue weighted by molar-refractivity contribution is 5.19. The minimum atomic E-state index is 0.140. The van der Waals surface area contributed by atoms with E-state index < -0.39 is 0 Å². The molecule has 0 spiro atoms. The van der Waals surface area contributed by atoms with Crippen LogP contribution in [0, 0.1) is 6.92 Å². The highest BCUT2D eigenvalue weighted by Crippen LogP contribution is 2.12. The number of aryl methyl sites for hydroxylation is 2. The summed E-state index contributed by atoms with van der Waals surface area (Å²) in [5.74, 6) is 6.32. The van der Waals surface area contributed by atoms with Gasteiger partial charge in [-0.15, -0.1) is 0 Å². The molecule has 0 saturated carbocycles. The molecule has 6 heteroatoms. The van der Waals surface area contributed by atoms with Gasteiger partial charge in [0.1, 0.15) is 0 Å². The molecule has 21 heavy (non-hydrogen) atoms. The zero-order valence-electron chi connectivity index (χ0n) is 12.8. The average Bonchev–Trinajstić information content (AvgIpc) is 2.87. The number of nitrogens with one attached hydrogen (secondary N) is 1. The van der Waals surface area contributed by atoms with E-state index in [0.29, 0.717) is 5.88 Å². The van der Waals surface area contributed by atoms with E-state index in [4.69, 9.17) is 10.6 Å². The van der Waals surface area contributed by atoms with Gasteiger partial charge in [-0.2, -0.15) is 5.10 Å². The molecule has 3 N–H and O–H groups in total. The number of hydrazine groups is 1. The molecule has 1 unspecified atom stereocenters. The highest BCUT2D eigenvalue weighted by atomic mass is 16.5. The lowest BCUT2D eigenvalue weighted by Gasteiger charge is -2.16. The molecule has 6 nitrogen and oxygen atoms in total. The molecule has 114 valence electrons. The molecular weight excluding hydrogens is 266 g/mol. The first-order valence-electron chi connectivity index (χ1n) is 7.14. The van der Waals surface area contributed by atoms with Gasteiger partial charge in [-0.05, 0) is 31.9 Å². The Kier molecular flexibility index (Phi) is 5.30. The van der Waals surface area contributed by atoms with Crippen LogP contribution < -0.4 is 16.0 Å². The van der Waals surface area contributed by atoms with Gasteiger partial charge in [0, 0.05) is 37.0 Å². The Bertz CT molecular complexity index is 564. The molecule has 2 heterocycles. The first-order valence-corrected chi connectivity index (χ1v) is 7.14. The van der Waals surface area contributed by atoms with E-state index in [-0.39, 0.29) is 6.04 Å². The van der Waals surface area contributed by atoms with Crippen molar-refractivity contribution in [1.82, 2.24) is 20.2 Å². The maximum atomic E-state index is 5.70. The van der Waals surface area contributed by atoms with Crippen molar-refractivity contribution in [1.29, 1.82) is 0 Å². The fourth-order valence-electron chi connectivity index (χ4n) is 2.42. The van der Waals surface area contributed by atoms with Crippen LogP contribution in [0.4, 0.5) is 0 Å². The SMILES string of the molecule is CCn1nc(C)cc1CC(Cc1ccc(OC)nc1)NN. The van der Waals surface area contributed by atoms with Gasteiger partial charge < -0.3 is 4.74 Å². The Morgan fingerprint density at radius 1 is 1.38 bits per heavy atom. The van der Waals surface area contributed by atoms with Crippen molar-refractivity contribution in [3.63, 3.8) is 0 Å². The summed E-state index contributed by atoms with van der Waals surface area (Å²) in [7, 11) is 1.61. The van der Waals surface area contributed by atoms with Crippen molar-refractivity contribution in [2.24, 2.45) is 5.84 Å². The standard InChI is InChI=1S/C15H23N5O/c1-4-20-14(7-11(2)19-20)9-13(18-16)8-12-5-6-15(21-3)17-10-12/h5-7,10,13,18H,4,8-9,16H2,1-3H3. The van der Waals surface area contributed by atoms with Gasteiger partial charge in [-0.3, -0.25) is 16.0 Å². The second-order valence-electron chi connectivity index (χ2n) is 5.07. The summed E-state index contributed by atoms with van der Waals surface area (Å²) < 4.78 is 7.09. The van der Waals surface area contributed by atoms with Crippen LogP contribution in [0.2, 0.25) is 0 Å². The summed E-state index contributed by atoms with van der Waals surface area (Å²) >= 11 is 0. The molecule has 1 atom stereocenters. The van der Waals surface area contributed by atoms with Crippen LogP contribution in [-0.2, 0) is 19.4 Å². The van der Waals surface area contributed by atoms with E-state index in [1.807, 2.05) is 29.9 Å². The molecule has 0 aromatic carbocycles. The van der Waals surface area contributed by atoms with Gasteiger partial charge in [0.15, 0.2) is 0 Å². The molecule has 0 aliphatic rings. The largest absolute Gasteiger partial charge is 0.481 e. The third-order valence-electron chi connectivity index (χ3n) is 3.47. The van der Waals surface area contributed by atoms with Gasteiger partial charge >= 0.3 is 0 Å². The number of rotatable bonds is 7. The second-order valence-corrected chi connectivity index (χ2v) is 5.07. The van der Waals surface area contributed by atoms with Crippen molar-refractivity contribution in [2.45, 2.75) is 39.3 Å². The number of hydrogen-bond donors (Lipinski definition) is 2. The van der Waals surface area contributed by atoms with Crippen LogP contribution in [0.25, 0.3) is 0 Å². The topological polar surface area (TPSA) is 78.0 Å². The molecule has 0 amide bonds. The number of ether oxygens (including phenoxy) is 1. The molecule has 0 fully saturated rings. The zero-order chi connectivity index (χ0) is 15.2. The van der Waals surface area contributed by atoms with Gasteiger partial charge in [-0.25, -0.2) is 4.98 Å². The molecule has 0 saturated heterocycles. The Balaban J connectivity index is 2.05. The first-order chi connectivity index (χ1) is 10.2. The minimum absolute atomic E-state index is 0.140. The van der Waals surface area contributed by atoms with Crippen molar-refractivity contribution in [3.8, 4) is 5.88 Å². The summed E-state index contributed by atoms with van der Waals surface area (Å²) in [6.07, 6.45) is 3.46. The van der Waals surface area contributed by atoms with Gasteiger partial charge in [0.25, 0.3) is 0 Å². The molecule has 2 aromatic rings. The maximum Gasteiger partial charge on any atom is 0.212 e.